The van der Waals surface area contributed by atoms with E-state index in [2.05, 4.69) is 0 Å². The third kappa shape index (κ3) is 4.38. The monoisotopic (exact) mass is 338 g/mol. The predicted octanol–water partition coefficient (Wildman–Crippen LogP) is 1.87. The summed E-state index contributed by atoms with van der Waals surface area (Å²) in [7, 11) is 0. The van der Waals surface area contributed by atoms with Crippen LogP contribution in [0.1, 0.15) is 5.56 Å². The smallest absolute Gasteiger partial charge is 0.227 e. The Balaban J connectivity index is 1.61. The molecule has 2 N–H and O–H groups in total. The lowest BCUT2D eigenvalue weighted by Crippen LogP contribution is -2.33. The Labute approximate surface area is 147 Å². The molecule has 1 heterocycles. The van der Waals surface area contributed by atoms with Crippen molar-refractivity contribution in [2.45, 2.75) is 6.42 Å². The van der Waals surface area contributed by atoms with Crippen LogP contribution in [0.2, 0.25) is 0 Å². The van der Waals surface area contributed by atoms with Crippen LogP contribution in [0.5, 0.6) is 5.75 Å². The van der Waals surface area contributed by atoms with Gasteiger partial charge in [0.15, 0.2) is 0 Å². The maximum Gasteiger partial charge on any atom is 0.227 e. The predicted molar refractivity (Wildman–Crippen MR) is 94.8 cm³/mol. The van der Waals surface area contributed by atoms with Gasteiger partial charge in [0.25, 0.3) is 0 Å². The van der Waals surface area contributed by atoms with Gasteiger partial charge < -0.3 is 15.4 Å². The van der Waals surface area contributed by atoms with Gasteiger partial charge in [-0.15, -0.1) is 0 Å². The second kappa shape index (κ2) is 7.83. The van der Waals surface area contributed by atoms with Crippen LogP contribution < -0.4 is 10.5 Å². The summed E-state index contributed by atoms with van der Waals surface area (Å²) in [6, 6.07) is 19.0. The molecule has 0 aromatic heterocycles. The van der Waals surface area contributed by atoms with Gasteiger partial charge in [-0.2, -0.15) is 0 Å². The van der Waals surface area contributed by atoms with Crippen LogP contribution in [0.15, 0.2) is 60.7 Å². The molecule has 25 heavy (non-hydrogen) atoms. The van der Waals surface area contributed by atoms with E-state index in [1.165, 1.54) is 0 Å². The zero-order valence-corrected chi connectivity index (χ0v) is 14.0. The number of ether oxygens (including phenoxy) is 1. The molecule has 1 aliphatic rings. The lowest BCUT2D eigenvalue weighted by Gasteiger charge is -2.17. The fourth-order valence-corrected chi connectivity index (χ4v) is 3.17. The summed E-state index contributed by atoms with van der Waals surface area (Å²) in [5, 5.41) is 0. The first kappa shape index (κ1) is 17.0. The van der Waals surface area contributed by atoms with Crippen LogP contribution in [0.4, 0.5) is 0 Å². The minimum Gasteiger partial charge on any atom is -0.493 e. The highest BCUT2D eigenvalue weighted by Gasteiger charge is 2.38. The van der Waals surface area contributed by atoms with Gasteiger partial charge >= 0.3 is 0 Å². The fraction of sp³-hybridized carbons (Fsp3) is 0.300. The van der Waals surface area contributed by atoms with E-state index in [0.29, 0.717) is 26.1 Å². The number of hydrogen-bond acceptors (Lipinski definition) is 3. The number of likely N-dealkylation sites (tertiary alicyclic amines) is 1. The molecule has 0 bridgehead atoms. The Kier molecular flexibility index (Phi) is 5.33. The summed E-state index contributed by atoms with van der Waals surface area (Å²) in [6.07, 6.45) is 0.332. The molecule has 1 saturated heterocycles. The van der Waals surface area contributed by atoms with Gasteiger partial charge in [0, 0.05) is 19.0 Å². The van der Waals surface area contributed by atoms with Gasteiger partial charge in [0.2, 0.25) is 11.8 Å². The van der Waals surface area contributed by atoms with Gasteiger partial charge in [-0.05, 0) is 17.7 Å². The zero-order valence-electron chi connectivity index (χ0n) is 14.0. The highest BCUT2D eigenvalue weighted by Crippen LogP contribution is 2.25. The summed E-state index contributed by atoms with van der Waals surface area (Å²) in [4.78, 5) is 26.0. The van der Waals surface area contributed by atoms with Crippen molar-refractivity contribution in [1.29, 1.82) is 0 Å². The first-order chi connectivity index (χ1) is 12.1. The van der Waals surface area contributed by atoms with Crippen molar-refractivity contribution in [3.63, 3.8) is 0 Å². The number of rotatable bonds is 6. The number of benzene rings is 2. The highest BCUT2D eigenvalue weighted by molar-refractivity contribution is 5.82. The Bertz CT molecular complexity index is 718. The van der Waals surface area contributed by atoms with E-state index < -0.39 is 0 Å². The molecule has 1 aliphatic heterocycles. The Morgan fingerprint density at radius 2 is 1.64 bits per heavy atom. The van der Waals surface area contributed by atoms with Crippen molar-refractivity contribution < 1.29 is 14.3 Å². The normalized spacial score (nSPS) is 19.6. The lowest BCUT2D eigenvalue weighted by molar-refractivity contribution is -0.129. The van der Waals surface area contributed by atoms with E-state index in [1.807, 2.05) is 60.7 Å². The molecule has 2 aromatic rings. The third-order valence-corrected chi connectivity index (χ3v) is 4.56. The summed E-state index contributed by atoms with van der Waals surface area (Å²) < 4.78 is 5.77. The molecule has 0 saturated carbocycles. The minimum absolute atomic E-state index is 0.0136. The molecule has 2 atom stereocenters. The molecule has 0 spiro atoms. The topological polar surface area (TPSA) is 72.6 Å². The standard InChI is InChI=1S/C20H22N2O3/c21-20(24)18-13-22(19(23)11-15-7-3-1-4-8-15)12-16(18)14-25-17-9-5-2-6-10-17/h1-10,16,18H,11-14H2,(H2,21,24)/t16-,18+/m0/s1. The number of para-hydroxylation sites is 1. The SMILES string of the molecule is NC(=O)[C@@H]1CN(C(=O)Cc2ccccc2)C[C@H]1COc1ccccc1. The van der Waals surface area contributed by atoms with Crippen molar-refractivity contribution in [3.8, 4) is 5.75 Å². The first-order valence-electron chi connectivity index (χ1n) is 8.42. The molecule has 0 unspecified atom stereocenters. The molecular formula is C20H22N2O3. The highest BCUT2D eigenvalue weighted by atomic mass is 16.5. The second-order valence-electron chi connectivity index (χ2n) is 6.35. The minimum atomic E-state index is -0.378. The van der Waals surface area contributed by atoms with Gasteiger partial charge in [-0.1, -0.05) is 48.5 Å². The van der Waals surface area contributed by atoms with Crippen molar-refractivity contribution in [1.82, 2.24) is 4.90 Å². The summed E-state index contributed by atoms with van der Waals surface area (Å²) in [6.45, 7) is 1.22. The molecule has 2 aromatic carbocycles. The van der Waals surface area contributed by atoms with E-state index in [1.54, 1.807) is 4.90 Å². The van der Waals surface area contributed by atoms with Gasteiger partial charge in [-0.25, -0.2) is 0 Å². The van der Waals surface area contributed by atoms with Crippen LogP contribution in [0, 0.1) is 11.8 Å². The number of nitrogens with two attached hydrogens (primary N) is 1. The van der Waals surface area contributed by atoms with Crippen molar-refractivity contribution >= 4 is 11.8 Å². The third-order valence-electron chi connectivity index (χ3n) is 4.56. The second-order valence-corrected chi connectivity index (χ2v) is 6.35. The number of nitrogens with zero attached hydrogens (tertiary/aromatic N) is 1. The van der Waals surface area contributed by atoms with Gasteiger partial charge in [0.1, 0.15) is 5.75 Å². The average Bonchev–Trinajstić information content (AvgIpc) is 3.06. The Morgan fingerprint density at radius 3 is 2.28 bits per heavy atom. The quantitative estimate of drug-likeness (QED) is 0.874. The van der Waals surface area contributed by atoms with Crippen LogP contribution in [-0.4, -0.2) is 36.4 Å². The molecule has 0 aliphatic carbocycles. The van der Waals surface area contributed by atoms with Gasteiger partial charge in [0.05, 0.1) is 18.9 Å². The summed E-state index contributed by atoms with van der Waals surface area (Å²) in [5.41, 5.74) is 6.50. The Morgan fingerprint density at radius 1 is 1.00 bits per heavy atom. The fourth-order valence-electron chi connectivity index (χ4n) is 3.17. The number of primary amides is 1. The van der Waals surface area contributed by atoms with E-state index in [0.717, 1.165) is 11.3 Å². The maximum absolute atomic E-state index is 12.5. The number of hydrogen-bond donors (Lipinski definition) is 1. The van der Waals surface area contributed by atoms with Crippen molar-refractivity contribution in [3.05, 3.63) is 66.2 Å². The van der Waals surface area contributed by atoms with E-state index in [9.17, 15) is 9.59 Å². The summed E-state index contributed by atoms with van der Waals surface area (Å²) in [5.74, 6) is -0.0722. The van der Waals surface area contributed by atoms with Gasteiger partial charge in [-0.3, -0.25) is 9.59 Å². The Hall–Kier alpha value is -2.82. The molecule has 5 nitrogen and oxygen atoms in total. The van der Waals surface area contributed by atoms with Crippen LogP contribution in [0.3, 0.4) is 0 Å². The van der Waals surface area contributed by atoms with Crippen LogP contribution >= 0.6 is 0 Å². The largest absolute Gasteiger partial charge is 0.493 e. The first-order valence-corrected chi connectivity index (χ1v) is 8.42. The summed E-state index contributed by atoms with van der Waals surface area (Å²) >= 11 is 0. The average molecular weight is 338 g/mol. The van der Waals surface area contributed by atoms with Crippen molar-refractivity contribution in [2.75, 3.05) is 19.7 Å². The van der Waals surface area contributed by atoms with E-state index >= 15 is 0 Å². The van der Waals surface area contributed by atoms with Crippen LogP contribution in [-0.2, 0) is 16.0 Å². The maximum atomic E-state index is 12.5. The number of carbonyl (C=O) groups is 2. The molecule has 0 radical (unpaired) electrons. The molecule has 2 amide bonds. The number of carbonyl (C=O) groups excluding carboxylic acids is 2. The molecular weight excluding hydrogens is 316 g/mol. The molecule has 1 fully saturated rings. The number of amides is 2. The van der Waals surface area contributed by atoms with E-state index in [4.69, 9.17) is 10.5 Å². The molecule has 5 heteroatoms. The molecule has 130 valence electrons. The lowest BCUT2D eigenvalue weighted by atomic mass is 9.96. The van der Waals surface area contributed by atoms with Crippen molar-refractivity contribution in [2.24, 2.45) is 17.6 Å². The zero-order chi connectivity index (χ0) is 17.6. The van der Waals surface area contributed by atoms with E-state index in [-0.39, 0.29) is 23.7 Å². The molecule has 3 rings (SSSR count). The van der Waals surface area contributed by atoms with Crippen LogP contribution in [0.25, 0.3) is 0 Å².